The minimum Gasteiger partial charge on any atom is -0.393 e. The number of aliphatic hydroxyl groups excluding tert-OH is 1. The van der Waals surface area contributed by atoms with Crippen molar-refractivity contribution in [1.82, 2.24) is 24.8 Å². The van der Waals surface area contributed by atoms with Crippen LogP contribution in [0.2, 0.25) is 0 Å². The summed E-state index contributed by atoms with van der Waals surface area (Å²) in [5, 5.41) is 14.6. The van der Waals surface area contributed by atoms with Crippen LogP contribution in [0.4, 0.5) is 0 Å². The van der Waals surface area contributed by atoms with Gasteiger partial charge in [-0.15, -0.1) is 11.3 Å². The van der Waals surface area contributed by atoms with Gasteiger partial charge in [-0.3, -0.25) is 24.5 Å². The molecule has 1 N–H and O–H groups in total. The molecule has 1 aliphatic rings. The molecule has 258 valence electrons. The van der Waals surface area contributed by atoms with Crippen molar-refractivity contribution in [3.63, 3.8) is 0 Å². The van der Waals surface area contributed by atoms with Gasteiger partial charge in [0.25, 0.3) is 5.91 Å². The van der Waals surface area contributed by atoms with Gasteiger partial charge < -0.3 is 10.0 Å². The van der Waals surface area contributed by atoms with Crippen molar-refractivity contribution in [2.24, 2.45) is 5.92 Å². The summed E-state index contributed by atoms with van der Waals surface area (Å²) in [6.07, 6.45) is 12.6. The summed E-state index contributed by atoms with van der Waals surface area (Å²) < 4.78 is 0. The van der Waals surface area contributed by atoms with Crippen molar-refractivity contribution in [2.45, 2.75) is 83.8 Å². The first-order chi connectivity index (χ1) is 24.2. The van der Waals surface area contributed by atoms with Gasteiger partial charge in [-0.1, -0.05) is 50.2 Å². The third kappa shape index (κ3) is 8.76. The van der Waals surface area contributed by atoms with Gasteiger partial charge in [-0.2, -0.15) is 0 Å². The molecule has 1 saturated heterocycles. The van der Waals surface area contributed by atoms with Crippen LogP contribution in [0.25, 0.3) is 11.3 Å². The molecule has 5 aromatic rings. The fraction of sp³-hybridized carbons (Fsp3) is 0.366. The van der Waals surface area contributed by atoms with E-state index in [0.717, 1.165) is 47.5 Å². The van der Waals surface area contributed by atoms with Gasteiger partial charge in [0.05, 0.1) is 24.0 Å². The summed E-state index contributed by atoms with van der Waals surface area (Å²) in [6, 6.07) is 17.4. The summed E-state index contributed by atoms with van der Waals surface area (Å²) in [5.41, 5.74) is 6.49. The predicted molar refractivity (Wildman–Crippen MR) is 197 cm³/mol. The molecule has 4 heterocycles. The number of thiazole rings is 1. The van der Waals surface area contributed by atoms with Gasteiger partial charge in [0.2, 0.25) is 0 Å². The van der Waals surface area contributed by atoms with Gasteiger partial charge in [-0.25, -0.2) is 4.98 Å². The fourth-order valence-corrected chi connectivity index (χ4v) is 7.74. The number of pyridine rings is 1. The van der Waals surface area contributed by atoms with Gasteiger partial charge in [0, 0.05) is 65.5 Å². The summed E-state index contributed by atoms with van der Waals surface area (Å²) in [4.78, 5) is 48.1. The van der Waals surface area contributed by atoms with E-state index in [1.807, 2.05) is 66.0 Å². The minimum absolute atomic E-state index is 0.0884. The molecule has 1 amide bonds. The van der Waals surface area contributed by atoms with Crippen LogP contribution in [0.5, 0.6) is 0 Å². The molecular formula is C41H45N5O3S. The predicted octanol–water partition coefficient (Wildman–Crippen LogP) is 8.22. The Morgan fingerprint density at radius 1 is 0.980 bits per heavy atom. The molecule has 8 nitrogen and oxygen atoms in total. The second kappa shape index (κ2) is 16.4. The molecule has 0 bridgehead atoms. The number of aromatic nitrogens is 4. The lowest BCUT2D eigenvalue weighted by Gasteiger charge is -2.24. The van der Waals surface area contributed by atoms with Gasteiger partial charge in [0.1, 0.15) is 5.01 Å². The number of hydrogen-bond donors (Lipinski definition) is 1. The van der Waals surface area contributed by atoms with Crippen molar-refractivity contribution in [2.75, 3.05) is 6.54 Å². The van der Waals surface area contributed by atoms with Crippen LogP contribution >= 0.6 is 11.3 Å². The van der Waals surface area contributed by atoms with Crippen molar-refractivity contribution in [3.8, 4) is 11.3 Å². The number of Topliss-reactive ketones (excluding diaryl/α,β-unsaturated/α-hetero) is 1. The highest BCUT2D eigenvalue weighted by molar-refractivity contribution is 7.09. The summed E-state index contributed by atoms with van der Waals surface area (Å²) >= 11 is 1.58. The first kappa shape index (κ1) is 35.2. The first-order valence-corrected chi connectivity index (χ1v) is 18.5. The van der Waals surface area contributed by atoms with E-state index >= 15 is 0 Å². The standard InChI is InChI=1S/C41H45N5O3S/c1-27(2)35-18-30(23-43-24-35)11-7-13-38(47)32(17-29-9-5-4-6-10-29)22-39(48)33-19-31(36-25-42-14-15-44-36)20-34(21-33)41(49)46-16-8-12-37(46)40-45-28(3)26-50-40/h4-6,9-10,14-15,18-21,23-27,32,37-38,47H,7-8,11-13,16-17,22H2,1-3H3/t32-,37-,38-/m1/s1. The molecule has 0 spiro atoms. The number of likely N-dealkylation sites (tertiary alicyclic amines) is 1. The third-order valence-electron chi connectivity index (χ3n) is 9.58. The molecule has 6 rings (SSSR count). The van der Waals surface area contributed by atoms with Crippen LogP contribution in [0.3, 0.4) is 0 Å². The molecule has 3 atom stereocenters. The molecule has 2 aromatic carbocycles. The monoisotopic (exact) mass is 687 g/mol. The van der Waals surface area contributed by atoms with E-state index in [-0.39, 0.29) is 30.1 Å². The number of aliphatic hydroxyl groups is 1. The zero-order valence-electron chi connectivity index (χ0n) is 29.0. The van der Waals surface area contributed by atoms with E-state index in [2.05, 4.69) is 39.8 Å². The summed E-state index contributed by atoms with van der Waals surface area (Å²) in [6.45, 7) is 6.91. The van der Waals surface area contributed by atoms with E-state index in [1.54, 1.807) is 42.1 Å². The lowest BCUT2D eigenvalue weighted by Crippen LogP contribution is -2.31. The maximum absolute atomic E-state index is 14.2. The highest BCUT2D eigenvalue weighted by Gasteiger charge is 2.33. The Bertz CT molecular complexity index is 1900. The average Bonchev–Trinajstić information content (AvgIpc) is 3.81. The summed E-state index contributed by atoms with van der Waals surface area (Å²) in [5.74, 6) is -0.152. The van der Waals surface area contributed by atoms with E-state index < -0.39 is 6.10 Å². The largest absolute Gasteiger partial charge is 0.393 e. The topological polar surface area (TPSA) is 109 Å². The van der Waals surface area contributed by atoms with Crippen LogP contribution < -0.4 is 0 Å². The average molecular weight is 688 g/mol. The first-order valence-electron chi connectivity index (χ1n) is 17.6. The number of rotatable bonds is 14. The number of benzene rings is 2. The minimum atomic E-state index is -0.684. The Morgan fingerprint density at radius 2 is 1.80 bits per heavy atom. The maximum atomic E-state index is 14.2. The number of carbonyl (C=O) groups is 2. The summed E-state index contributed by atoms with van der Waals surface area (Å²) in [7, 11) is 0. The van der Waals surface area contributed by atoms with Gasteiger partial charge in [0.15, 0.2) is 5.78 Å². The van der Waals surface area contributed by atoms with Crippen LogP contribution in [0.15, 0.2) is 91.0 Å². The molecule has 0 radical (unpaired) electrons. The lowest BCUT2D eigenvalue weighted by atomic mass is 9.85. The van der Waals surface area contributed by atoms with E-state index in [4.69, 9.17) is 0 Å². The Balaban J connectivity index is 1.25. The normalized spacial score (nSPS) is 15.7. The quantitative estimate of drug-likeness (QED) is 0.117. The van der Waals surface area contributed by atoms with E-state index in [9.17, 15) is 14.7 Å². The van der Waals surface area contributed by atoms with Crippen LogP contribution in [-0.2, 0) is 12.8 Å². The van der Waals surface area contributed by atoms with Crippen LogP contribution in [0, 0.1) is 12.8 Å². The van der Waals surface area contributed by atoms with E-state index in [0.29, 0.717) is 47.7 Å². The number of ketones is 1. The second-order valence-electron chi connectivity index (χ2n) is 13.7. The molecule has 0 unspecified atom stereocenters. The molecule has 0 aliphatic carbocycles. The molecule has 3 aromatic heterocycles. The third-order valence-corrected chi connectivity index (χ3v) is 10.6. The highest BCUT2D eigenvalue weighted by Crippen LogP contribution is 2.36. The Kier molecular flexibility index (Phi) is 11.6. The Labute approximate surface area is 298 Å². The van der Waals surface area contributed by atoms with Crippen molar-refractivity contribution >= 4 is 23.0 Å². The SMILES string of the molecule is Cc1csc([C@H]2CCCN2C(=O)c2cc(C(=O)C[C@@H](Cc3ccccc3)[C@H](O)CCCc3cncc(C(C)C)c3)cc(-c3cnccn3)c2)n1. The molecular weight excluding hydrogens is 643 g/mol. The molecule has 9 heteroatoms. The molecule has 1 aliphatic heterocycles. The number of aryl methyl sites for hydroxylation is 2. The van der Waals surface area contributed by atoms with Gasteiger partial charge in [-0.05, 0) is 92.2 Å². The fourth-order valence-electron chi connectivity index (χ4n) is 6.79. The number of carbonyl (C=O) groups excluding carboxylic acids is 2. The number of nitrogens with zero attached hydrogens (tertiary/aromatic N) is 5. The number of amides is 1. The zero-order chi connectivity index (χ0) is 35.0. The molecule has 50 heavy (non-hydrogen) atoms. The smallest absolute Gasteiger partial charge is 0.254 e. The molecule has 1 fully saturated rings. The zero-order valence-corrected chi connectivity index (χ0v) is 29.9. The van der Waals surface area contributed by atoms with E-state index in [1.165, 1.54) is 5.56 Å². The highest BCUT2D eigenvalue weighted by atomic mass is 32.1. The van der Waals surface area contributed by atoms with Gasteiger partial charge >= 0.3 is 0 Å². The Hall–Kier alpha value is -4.60. The molecule has 0 saturated carbocycles. The Morgan fingerprint density at radius 3 is 2.54 bits per heavy atom. The number of hydrogen-bond acceptors (Lipinski definition) is 8. The maximum Gasteiger partial charge on any atom is 0.254 e. The van der Waals surface area contributed by atoms with Crippen LogP contribution in [-0.4, -0.2) is 54.3 Å². The van der Waals surface area contributed by atoms with Crippen molar-refractivity contribution < 1.29 is 14.7 Å². The van der Waals surface area contributed by atoms with Crippen LogP contribution in [0.1, 0.15) is 106 Å². The van der Waals surface area contributed by atoms with Crippen molar-refractivity contribution in [3.05, 3.63) is 129 Å². The van der Waals surface area contributed by atoms with Crippen molar-refractivity contribution in [1.29, 1.82) is 0 Å². The lowest BCUT2D eigenvalue weighted by molar-refractivity contribution is 0.0734. The second-order valence-corrected chi connectivity index (χ2v) is 14.6.